The molecular formula is C47H68Br3NOP2. The van der Waals surface area contributed by atoms with Crippen LogP contribution >= 0.6 is 14.5 Å². The second kappa shape index (κ2) is 22.3. The number of hydrogen-bond acceptors (Lipinski definition) is 1. The lowest BCUT2D eigenvalue weighted by molar-refractivity contribution is -0.918. The van der Waals surface area contributed by atoms with Crippen LogP contribution in [0.3, 0.4) is 0 Å². The molecule has 4 aromatic rings. The molecule has 2 nitrogen and oxygen atoms in total. The molecule has 0 atom stereocenters. The van der Waals surface area contributed by atoms with E-state index in [1.165, 1.54) is 80.6 Å². The molecule has 0 radical (unpaired) electrons. The summed E-state index contributed by atoms with van der Waals surface area (Å²) in [4.78, 5) is 0. The second-order valence-corrected chi connectivity index (χ2v) is 25.5. The van der Waals surface area contributed by atoms with E-state index in [0.717, 1.165) is 23.1 Å². The number of quaternary nitrogens is 1. The minimum Gasteiger partial charge on any atom is -1.00 e. The van der Waals surface area contributed by atoms with E-state index in [4.69, 9.17) is 0 Å². The number of benzene rings is 4. The summed E-state index contributed by atoms with van der Waals surface area (Å²) in [6.45, 7) is 11.5. The van der Waals surface area contributed by atoms with Crippen LogP contribution in [0.4, 0.5) is 0 Å². The van der Waals surface area contributed by atoms with E-state index in [0.29, 0.717) is 10.8 Å². The van der Waals surface area contributed by atoms with E-state index >= 15 is 0 Å². The lowest BCUT2D eigenvalue weighted by atomic mass is 9.63. The molecule has 0 bridgehead atoms. The highest BCUT2D eigenvalue weighted by Crippen LogP contribution is 2.60. The minimum absolute atomic E-state index is 0. The highest BCUT2D eigenvalue weighted by Gasteiger charge is 2.46. The van der Waals surface area contributed by atoms with E-state index in [2.05, 4.69) is 163 Å². The fourth-order valence-corrected chi connectivity index (χ4v) is 18.9. The van der Waals surface area contributed by atoms with Gasteiger partial charge in [0, 0.05) is 32.3 Å². The fourth-order valence-electron chi connectivity index (χ4n) is 9.88. The summed E-state index contributed by atoms with van der Waals surface area (Å²) in [5, 5.41) is 16.2. The van der Waals surface area contributed by atoms with Gasteiger partial charge in [-0.2, -0.15) is 0 Å². The number of aliphatic hydroxyl groups is 1. The third kappa shape index (κ3) is 12.8. The zero-order chi connectivity index (χ0) is 36.4. The molecule has 1 fully saturated rings. The maximum absolute atomic E-state index is 10.0. The molecule has 0 amide bonds. The first-order valence-electron chi connectivity index (χ1n) is 19.8. The van der Waals surface area contributed by atoms with E-state index in [-0.39, 0.29) is 57.6 Å². The molecule has 1 aliphatic carbocycles. The van der Waals surface area contributed by atoms with Crippen LogP contribution in [0.2, 0.25) is 0 Å². The van der Waals surface area contributed by atoms with Crippen molar-refractivity contribution in [1.82, 2.24) is 0 Å². The molecule has 54 heavy (non-hydrogen) atoms. The Balaban J connectivity index is 0.00000336. The average molecular weight is 965 g/mol. The Morgan fingerprint density at radius 1 is 0.500 bits per heavy atom. The van der Waals surface area contributed by atoms with Crippen molar-refractivity contribution in [2.75, 3.05) is 51.9 Å². The molecule has 0 unspecified atom stereocenters. The van der Waals surface area contributed by atoms with Crippen LogP contribution in [-0.4, -0.2) is 67.5 Å². The van der Waals surface area contributed by atoms with Gasteiger partial charge < -0.3 is 60.5 Å². The molecule has 7 heteroatoms. The summed E-state index contributed by atoms with van der Waals surface area (Å²) in [6.07, 6.45) is 14.7. The highest BCUT2D eigenvalue weighted by atomic mass is 79.9. The smallest absolute Gasteiger partial charge is 0.0991 e. The van der Waals surface area contributed by atoms with Gasteiger partial charge in [-0.25, -0.2) is 0 Å². The van der Waals surface area contributed by atoms with E-state index < -0.39 is 14.5 Å². The van der Waals surface area contributed by atoms with Gasteiger partial charge in [-0.05, 0) is 85.0 Å². The van der Waals surface area contributed by atoms with Crippen molar-refractivity contribution >= 4 is 35.7 Å². The summed E-state index contributed by atoms with van der Waals surface area (Å²) in [5.41, 5.74) is 0.838. The van der Waals surface area contributed by atoms with Crippen molar-refractivity contribution in [2.45, 2.75) is 85.1 Å². The third-order valence-corrected chi connectivity index (χ3v) is 21.5. The van der Waals surface area contributed by atoms with Crippen molar-refractivity contribution < 1.29 is 60.5 Å². The Bertz CT molecular complexity index is 1510. The number of nitrogens with zero attached hydrogens (tertiary/aromatic N) is 1. The topological polar surface area (TPSA) is 20.2 Å². The molecule has 298 valence electrons. The van der Waals surface area contributed by atoms with Crippen LogP contribution < -0.4 is 72.2 Å². The van der Waals surface area contributed by atoms with Gasteiger partial charge >= 0.3 is 0 Å². The Hall–Kier alpha value is -0.900. The largest absolute Gasteiger partial charge is 1.00 e. The molecule has 0 aliphatic heterocycles. The zero-order valence-electron chi connectivity index (χ0n) is 33.9. The molecule has 0 saturated heterocycles. The van der Waals surface area contributed by atoms with Crippen LogP contribution in [0.15, 0.2) is 121 Å². The van der Waals surface area contributed by atoms with Crippen molar-refractivity contribution in [1.29, 1.82) is 0 Å². The maximum atomic E-state index is 10.0. The van der Waals surface area contributed by atoms with Crippen LogP contribution in [0.25, 0.3) is 0 Å². The minimum atomic E-state index is -1.67. The second-order valence-electron chi connectivity index (χ2n) is 17.7. The first-order chi connectivity index (χ1) is 24.4. The molecule has 1 aliphatic rings. The Morgan fingerprint density at radius 2 is 0.796 bits per heavy atom. The number of hydrogen-bond donors (Lipinski definition) is 1. The normalized spacial score (nSPS) is 15.7. The van der Waals surface area contributed by atoms with Gasteiger partial charge in [0.1, 0.15) is 0 Å². The summed E-state index contributed by atoms with van der Waals surface area (Å²) in [5.74, 6) is 0. The standard InChI is InChI=1S/C47H68NOP2.3BrH/c1-46(2)38-41(39-47(3,4)40-46)48(5,6)32-19-20-34-50(42-24-11-7-12-25-42,43-26-13-8-14-27-43)35-21-22-36-51(37-23-33-49,44-28-15-9-16-29-44)45-30-17-10-18-31-45;;;/h7-18,24-31,41,49H,19-23,32-40H2,1-6H3;3*1H/q+3;;;/p-3. The van der Waals surface area contributed by atoms with Crippen LogP contribution in [0, 0.1) is 10.8 Å². The van der Waals surface area contributed by atoms with Gasteiger partial charge in [0.15, 0.2) is 0 Å². The molecule has 1 N–H and O–H groups in total. The van der Waals surface area contributed by atoms with Gasteiger partial charge in [0.2, 0.25) is 0 Å². The maximum Gasteiger partial charge on any atom is 0.0991 e. The lowest BCUT2D eigenvalue weighted by Gasteiger charge is -2.50. The molecule has 0 spiro atoms. The number of rotatable bonds is 18. The van der Waals surface area contributed by atoms with Crippen LogP contribution in [0.1, 0.15) is 79.1 Å². The van der Waals surface area contributed by atoms with Crippen LogP contribution in [-0.2, 0) is 0 Å². The van der Waals surface area contributed by atoms with Gasteiger partial charge in [0.05, 0.1) is 87.1 Å². The molecule has 4 aromatic carbocycles. The van der Waals surface area contributed by atoms with Gasteiger partial charge in [-0.3, -0.25) is 0 Å². The molecule has 1 saturated carbocycles. The summed E-state index contributed by atoms with van der Waals surface area (Å²) in [6, 6.07) is 46.6. The number of aliphatic hydroxyl groups excluding tert-OH is 1. The van der Waals surface area contributed by atoms with E-state index in [9.17, 15) is 5.11 Å². The SMILES string of the molecule is CC1(C)CC([N+](C)(C)CCCC[P+](CCCC[P+](CCCO)(c2ccccc2)c2ccccc2)(c2ccccc2)c2ccccc2)CC(C)(C)C1.[Br-].[Br-].[Br-]. The summed E-state index contributed by atoms with van der Waals surface area (Å²) >= 11 is 0. The Morgan fingerprint density at radius 3 is 1.11 bits per heavy atom. The molecule has 0 aromatic heterocycles. The van der Waals surface area contributed by atoms with E-state index in [1.54, 1.807) is 10.6 Å². The van der Waals surface area contributed by atoms with Crippen molar-refractivity contribution in [3.05, 3.63) is 121 Å². The first kappa shape index (κ1) is 49.2. The first-order valence-corrected chi connectivity index (χ1v) is 24.1. The predicted molar refractivity (Wildman–Crippen MR) is 230 cm³/mol. The fraction of sp³-hybridized carbons (Fsp3) is 0.489. The van der Waals surface area contributed by atoms with Crippen molar-refractivity contribution in [3.8, 4) is 0 Å². The lowest BCUT2D eigenvalue weighted by Crippen LogP contribution is -3.00. The van der Waals surface area contributed by atoms with Gasteiger partial charge in [0.25, 0.3) is 0 Å². The molecule has 0 heterocycles. The summed E-state index contributed by atoms with van der Waals surface area (Å²) < 4.78 is 1.15. The Kier molecular flexibility index (Phi) is 20.3. The quantitative estimate of drug-likeness (QED) is 0.0897. The Labute approximate surface area is 362 Å². The third-order valence-electron chi connectivity index (χ3n) is 12.1. The average Bonchev–Trinajstić information content (AvgIpc) is 3.12. The van der Waals surface area contributed by atoms with Crippen molar-refractivity contribution in [3.63, 3.8) is 0 Å². The predicted octanol–water partition coefficient (Wildman–Crippen LogP) is 0.960. The summed E-state index contributed by atoms with van der Waals surface area (Å²) in [7, 11) is 1.73. The highest BCUT2D eigenvalue weighted by molar-refractivity contribution is 7.90. The van der Waals surface area contributed by atoms with Crippen LogP contribution in [0.5, 0.6) is 0 Å². The number of unbranched alkanes of at least 4 members (excludes halogenated alkanes) is 2. The molecular weight excluding hydrogens is 896 g/mol. The van der Waals surface area contributed by atoms with Gasteiger partial charge in [-0.15, -0.1) is 0 Å². The van der Waals surface area contributed by atoms with Crippen molar-refractivity contribution in [2.24, 2.45) is 10.8 Å². The zero-order valence-corrected chi connectivity index (χ0v) is 40.5. The molecule has 5 rings (SSSR count). The van der Waals surface area contributed by atoms with E-state index in [1.807, 2.05) is 0 Å². The van der Waals surface area contributed by atoms with Gasteiger partial charge in [-0.1, -0.05) is 100 Å². The monoisotopic (exact) mass is 961 g/mol. The number of halogens is 3.